The van der Waals surface area contributed by atoms with E-state index >= 15 is 0 Å². The summed E-state index contributed by atoms with van der Waals surface area (Å²) in [5.74, 6) is 0. The van der Waals surface area contributed by atoms with E-state index in [1.807, 2.05) is 12.1 Å². The minimum absolute atomic E-state index is 0.0595. The molecule has 1 aromatic rings. The summed E-state index contributed by atoms with van der Waals surface area (Å²) in [4.78, 5) is 0. The molecule has 2 rings (SSSR count). The van der Waals surface area contributed by atoms with Crippen molar-refractivity contribution in [2.75, 3.05) is 12.9 Å². The Bertz CT molecular complexity index is 525. The Morgan fingerprint density at radius 3 is 2.94 bits per heavy atom. The SMILES string of the molecule is CS(=O)(=O)OCc1cc(Br)cc2c1COCC2. The molecule has 94 valence electrons. The standard InChI is InChI=1S/C11H13BrO4S/c1-17(13,14)16-6-9-5-10(12)4-8-2-3-15-7-11(8)9/h4-5H,2-3,6-7H2,1H3. The van der Waals surface area contributed by atoms with Crippen LogP contribution in [0.25, 0.3) is 0 Å². The average Bonchev–Trinajstić information content (AvgIpc) is 2.24. The first-order chi connectivity index (χ1) is 7.96. The minimum Gasteiger partial charge on any atom is -0.376 e. The van der Waals surface area contributed by atoms with E-state index in [1.54, 1.807) is 0 Å². The molecule has 1 aromatic carbocycles. The molecule has 0 N–H and O–H groups in total. The minimum atomic E-state index is -3.42. The van der Waals surface area contributed by atoms with Crippen molar-refractivity contribution in [1.82, 2.24) is 0 Å². The molecule has 1 heterocycles. The highest BCUT2D eigenvalue weighted by atomic mass is 79.9. The molecular weight excluding hydrogens is 308 g/mol. The summed E-state index contributed by atoms with van der Waals surface area (Å²) in [5, 5.41) is 0. The predicted molar refractivity (Wildman–Crippen MR) is 67.1 cm³/mol. The smallest absolute Gasteiger partial charge is 0.264 e. The summed E-state index contributed by atoms with van der Waals surface area (Å²) < 4.78 is 33.1. The van der Waals surface area contributed by atoms with Gasteiger partial charge in [-0.2, -0.15) is 8.42 Å². The molecule has 0 fully saturated rings. The van der Waals surface area contributed by atoms with Gasteiger partial charge in [0.25, 0.3) is 10.1 Å². The summed E-state index contributed by atoms with van der Waals surface area (Å²) in [6.45, 7) is 1.28. The number of hydrogen-bond donors (Lipinski definition) is 0. The fourth-order valence-corrected chi connectivity index (χ4v) is 2.71. The van der Waals surface area contributed by atoms with E-state index in [9.17, 15) is 8.42 Å². The molecule has 0 aliphatic carbocycles. The van der Waals surface area contributed by atoms with Crippen LogP contribution in [0.5, 0.6) is 0 Å². The first-order valence-electron chi connectivity index (χ1n) is 5.18. The quantitative estimate of drug-likeness (QED) is 0.799. The Morgan fingerprint density at radius 1 is 1.47 bits per heavy atom. The van der Waals surface area contributed by atoms with Crippen LogP contribution in [0.3, 0.4) is 0 Å². The highest BCUT2D eigenvalue weighted by molar-refractivity contribution is 9.10. The first kappa shape index (κ1) is 13.0. The lowest BCUT2D eigenvalue weighted by Crippen LogP contribution is -2.14. The van der Waals surface area contributed by atoms with Gasteiger partial charge in [0.05, 0.1) is 26.1 Å². The van der Waals surface area contributed by atoms with Crippen LogP contribution in [-0.2, 0) is 38.7 Å². The highest BCUT2D eigenvalue weighted by Crippen LogP contribution is 2.26. The normalized spacial score (nSPS) is 15.6. The van der Waals surface area contributed by atoms with Crippen LogP contribution in [0.4, 0.5) is 0 Å². The van der Waals surface area contributed by atoms with Gasteiger partial charge in [-0.25, -0.2) is 0 Å². The van der Waals surface area contributed by atoms with Gasteiger partial charge in [-0.05, 0) is 35.2 Å². The van der Waals surface area contributed by atoms with Crippen molar-refractivity contribution >= 4 is 26.0 Å². The molecule has 0 bridgehead atoms. The average molecular weight is 321 g/mol. The first-order valence-corrected chi connectivity index (χ1v) is 7.79. The number of rotatable bonds is 3. The van der Waals surface area contributed by atoms with Gasteiger partial charge in [0, 0.05) is 4.47 Å². The van der Waals surface area contributed by atoms with E-state index in [1.165, 1.54) is 5.56 Å². The number of halogens is 1. The molecule has 0 saturated carbocycles. The number of fused-ring (bicyclic) bond motifs is 1. The van der Waals surface area contributed by atoms with Crippen LogP contribution in [-0.4, -0.2) is 21.3 Å². The summed E-state index contributed by atoms with van der Waals surface area (Å²) in [6.07, 6.45) is 1.90. The third kappa shape index (κ3) is 3.51. The molecule has 1 aliphatic rings. The maximum absolute atomic E-state index is 11.0. The van der Waals surface area contributed by atoms with Crippen molar-refractivity contribution < 1.29 is 17.3 Å². The molecule has 0 saturated heterocycles. The molecule has 4 nitrogen and oxygen atoms in total. The molecule has 6 heteroatoms. The van der Waals surface area contributed by atoms with Gasteiger partial charge in [-0.15, -0.1) is 0 Å². The number of hydrogen-bond acceptors (Lipinski definition) is 4. The molecule has 1 aliphatic heterocycles. The van der Waals surface area contributed by atoms with Crippen LogP contribution in [0, 0.1) is 0 Å². The predicted octanol–water partition coefficient (Wildman–Crippen LogP) is 2.00. The van der Waals surface area contributed by atoms with Crippen LogP contribution in [0.15, 0.2) is 16.6 Å². The zero-order valence-electron chi connectivity index (χ0n) is 9.40. The third-order valence-electron chi connectivity index (χ3n) is 2.59. The maximum Gasteiger partial charge on any atom is 0.264 e. The molecular formula is C11H13BrO4S. The van der Waals surface area contributed by atoms with Gasteiger partial charge in [-0.1, -0.05) is 15.9 Å². The number of ether oxygens (including phenoxy) is 1. The number of benzene rings is 1. The van der Waals surface area contributed by atoms with Gasteiger partial charge in [0.2, 0.25) is 0 Å². The topological polar surface area (TPSA) is 52.6 Å². The Labute approximate surface area is 109 Å². The zero-order valence-corrected chi connectivity index (χ0v) is 11.8. The van der Waals surface area contributed by atoms with Crippen LogP contribution < -0.4 is 0 Å². The monoisotopic (exact) mass is 320 g/mol. The van der Waals surface area contributed by atoms with Gasteiger partial charge >= 0.3 is 0 Å². The second kappa shape index (κ2) is 5.06. The van der Waals surface area contributed by atoms with Gasteiger partial charge in [0.1, 0.15) is 0 Å². The fourth-order valence-electron chi connectivity index (χ4n) is 1.82. The molecule has 0 radical (unpaired) electrons. The molecule has 0 unspecified atom stereocenters. The second-order valence-corrected chi connectivity index (χ2v) is 6.53. The van der Waals surface area contributed by atoms with Gasteiger partial charge in [0.15, 0.2) is 0 Å². The fraction of sp³-hybridized carbons (Fsp3) is 0.455. The van der Waals surface area contributed by atoms with E-state index in [2.05, 4.69) is 15.9 Å². The van der Waals surface area contributed by atoms with E-state index in [4.69, 9.17) is 8.92 Å². The second-order valence-electron chi connectivity index (χ2n) is 3.97. The van der Waals surface area contributed by atoms with Crippen molar-refractivity contribution in [3.8, 4) is 0 Å². The largest absolute Gasteiger partial charge is 0.376 e. The summed E-state index contributed by atoms with van der Waals surface area (Å²) >= 11 is 3.42. The molecule has 0 amide bonds. The van der Waals surface area contributed by atoms with Crippen molar-refractivity contribution in [3.05, 3.63) is 33.3 Å². The third-order valence-corrected chi connectivity index (χ3v) is 3.59. The lowest BCUT2D eigenvalue weighted by Gasteiger charge is -2.20. The molecule has 0 aromatic heterocycles. The highest BCUT2D eigenvalue weighted by Gasteiger charge is 2.16. The van der Waals surface area contributed by atoms with Crippen molar-refractivity contribution in [2.24, 2.45) is 0 Å². The molecule has 0 spiro atoms. The van der Waals surface area contributed by atoms with Crippen LogP contribution in [0.2, 0.25) is 0 Å². The van der Waals surface area contributed by atoms with Crippen LogP contribution >= 0.6 is 15.9 Å². The zero-order chi connectivity index (χ0) is 12.5. The Balaban J connectivity index is 2.29. The summed E-state index contributed by atoms with van der Waals surface area (Å²) in [6, 6.07) is 3.92. The summed E-state index contributed by atoms with van der Waals surface area (Å²) in [5.41, 5.74) is 3.10. The summed E-state index contributed by atoms with van der Waals surface area (Å²) in [7, 11) is -3.42. The van der Waals surface area contributed by atoms with Crippen LogP contribution in [0.1, 0.15) is 16.7 Å². The maximum atomic E-state index is 11.0. The van der Waals surface area contributed by atoms with Gasteiger partial charge in [-0.3, -0.25) is 4.18 Å². The lowest BCUT2D eigenvalue weighted by atomic mass is 9.98. The molecule has 17 heavy (non-hydrogen) atoms. The van der Waals surface area contributed by atoms with E-state index in [-0.39, 0.29) is 6.61 Å². The Hall–Kier alpha value is -0.430. The lowest BCUT2D eigenvalue weighted by molar-refractivity contribution is 0.109. The Morgan fingerprint density at radius 2 is 2.24 bits per heavy atom. The van der Waals surface area contributed by atoms with Crippen molar-refractivity contribution in [1.29, 1.82) is 0 Å². The van der Waals surface area contributed by atoms with E-state index < -0.39 is 10.1 Å². The van der Waals surface area contributed by atoms with E-state index in [0.717, 1.165) is 28.3 Å². The Kier molecular flexibility index (Phi) is 3.87. The van der Waals surface area contributed by atoms with Crippen molar-refractivity contribution in [2.45, 2.75) is 19.6 Å². The van der Waals surface area contributed by atoms with Gasteiger partial charge < -0.3 is 4.74 Å². The van der Waals surface area contributed by atoms with Crippen molar-refractivity contribution in [3.63, 3.8) is 0 Å². The van der Waals surface area contributed by atoms with E-state index in [0.29, 0.717) is 13.2 Å². The molecule has 0 atom stereocenters.